The molecule has 0 spiro atoms. The van der Waals surface area contributed by atoms with E-state index in [0.717, 1.165) is 5.56 Å². The molecule has 0 aliphatic carbocycles. The summed E-state index contributed by atoms with van der Waals surface area (Å²) in [5.74, 6) is 0.450. The van der Waals surface area contributed by atoms with E-state index in [4.69, 9.17) is 19.7 Å². The van der Waals surface area contributed by atoms with Gasteiger partial charge in [0.1, 0.15) is 18.4 Å². The van der Waals surface area contributed by atoms with Crippen molar-refractivity contribution in [2.24, 2.45) is 5.11 Å². The molecule has 2 heterocycles. The van der Waals surface area contributed by atoms with Gasteiger partial charge in [0.15, 0.2) is 0 Å². The standard InChI is InChI=1S/C13H19N5O4/c1-7(2)20-12-8(3)5-15-13(16-12)22-9-4-11(17-18-14)21-10(9)6-19/h5,7,9-11,19H,4,6H2,1-3H3/t9-,10-,11+/m1/s1. The summed E-state index contributed by atoms with van der Waals surface area (Å²) in [7, 11) is 0. The van der Waals surface area contributed by atoms with Crippen LogP contribution in [0.4, 0.5) is 0 Å². The fraction of sp³-hybridized carbons (Fsp3) is 0.692. The molecule has 1 aliphatic heterocycles. The van der Waals surface area contributed by atoms with Gasteiger partial charge in [-0.1, -0.05) is 5.11 Å². The first kappa shape index (κ1) is 16.3. The molecule has 1 N–H and O–H groups in total. The number of hydrogen-bond donors (Lipinski definition) is 1. The first-order valence-corrected chi connectivity index (χ1v) is 7.01. The lowest BCUT2D eigenvalue weighted by molar-refractivity contribution is -0.0158. The Labute approximate surface area is 127 Å². The van der Waals surface area contributed by atoms with E-state index in [-0.39, 0.29) is 18.7 Å². The number of aliphatic hydroxyl groups excluding tert-OH is 1. The molecule has 1 fully saturated rings. The highest BCUT2D eigenvalue weighted by atomic mass is 16.6. The number of ether oxygens (including phenoxy) is 3. The van der Waals surface area contributed by atoms with E-state index >= 15 is 0 Å². The molecule has 1 aliphatic rings. The molecule has 22 heavy (non-hydrogen) atoms. The van der Waals surface area contributed by atoms with Crippen LogP contribution >= 0.6 is 0 Å². The maximum atomic E-state index is 9.31. The maximum Gasteiger partial charge on any atom is 0.320 e. The van der Waals surface area contributed by atoms with E-state index in [1.54, 1.807) is 6.20 Å². The van der Waals surface area contributed by atoms with Crippen LogP contribution in [0.25, 0.3) is 10.4 Å². The van der Waals surface area contributed by atoms with Gasteiger partial charge in [-0.15, -0.1) is 0 Å². The molecule has 0 radical (unpaired) electrons. The number of rotatable bonds is 6. The zero-order valence-corrected chi connectivity index (χ0v) is 12.7. The molecule has 1 aromatic rings. The van der Waals surface area contributed by atoms with E-state index in [1.165, 1.54) is 0 Å². The Morgan fingerprint density at radius 3 is 3.00 bits per heavy atom. The van der Waals surface area contributed by atoms with Crippen LogP contribution in [0.15, 0.2) is 11.3 Å². The molecule has 1 aromatic heterocycles. The normalized spacial score (nSPS) is 24.1. The zero-order valence-electron chi connectivity index (χ0n) is 12.7. The van der Waals surface area contributed by atoms with Crippen LogP contribution in [0.5, 0.6) is 11.9 Å². The summed E-state index contributed by atoms with van der Waals surface area (Å²) in [5, 5.41) is 12.8. The molecule has 0 bridgehead atoms. The molecular weight excluding hydrogens is 290 g/mol. The van der Waals surface area contributed by atoms with E-state index in [1.807, 2.05) is 20.8 Å². The van der Waals surface area contributed by atoms with Crippen molar-refractivity contribution >= 4 is 0 Å². The molecule has 1 saturated heterocycles. The average Bonchev–Trinajstić information content (AvgIpc) is 2.84. The number of aliphatic hydroxyl groups is 1. The van der Waals surface area contributed by atoms with Crippen molar-refractivity contribution < 1.29 is 19.3 Å². The Morgan fingerprint density at radius 1 is 1.59 bits per heavy atom. The lowest BCUT2D eigenvalue weighted by Gasteiger charge is -2.17. The summed E-state index contributed by atoms with van der Waals surface area (Å²) in [6.07, 6.45) is 0.173. The molecule has 0 saturated carbocycles. The molecule has 3 atom stereocenters. The maximum absolute atomic E-state index is 9.31. The van der Waals surface area contributed by atoms with E-state index in [0.29, 0.717) is 12.3 Å². The number of nitrogens with zero attached hydrogens (tertiary/aromatic N) is 5. The smallest absolute Gasteiger partial charge is 0.320 e. The molecule has 0 amide bonds. The highest BCUT2D eigenvalue weighted by Gasteiger charge is 2.36. The predicted molar refractivity (Wildman–Crippen MR) is 76.5 cm³/mol. The van der Waals surface area contributed by atoms with E-state index in [2.05, 4.69) is 20.0 Å². The molecule has 0 unspecified atom stereocenters. The second-order valence-electron chi connectivity index (χ2n) is 5.22. The number of aromatic nitrogens is 2. The first-order valence-electron chi connectivity index (χ1n) is 7.01. The fourth-order valence-corrected chi connectivity index (χ4v) is 2.06. The van der Waals surface area contributed by atoms with Gasteiger partial charge in [0.25, 0.3) is 0 Å². The minimum Gasteiger partial charge on any atom is -0.475 e. The van der Waals surface area contributed by atoms with Gasteiger partial charge in [-0.25, -0.2) is 4.98 Å². The lowest BCUT2D eigenvalue weighted by atomic mass is 10.2. The van der Waals surface area contributed by atoms with Crippen LogP contribution in [-0.4, -0.2) is 46.2 Å². The Kier molecular flexibility index (Phi) is 5.37. The van der Waals surface area contributed by atoms with E-state index < -0.39 is 18.4 Å². The van der Waals surface area contributed by atoms with Crippen LogP contribution in [-0.2, 0) is 4.74 Å². The average molecular weight is 309 g/mol. The van der Waals surface area contributed by atoms with Crippen molar-refractivity contribution in [1.29, 1.82) is 0 Å². The van der Waals surface area contributed by atoms with Crippen molar-refractivity contribution in [3.63, 3.8) is 0 Å². The van der Waals surface area contributed by atoms with Gasteiger partial charge in [0.2, 0.25) is 5.88 Å². The minimum atomic E-state index is -0.663. The largest absolute Gasteiger partial charge is 0.475 e. The quantitative estimate of drug-likeness (QED) is 0.485. The fourth-order valence-electron chi connectivity index (χ4n) is 2.06. The number of aryl methyl sites for hydroxylation is 1. The number of hydrogen-bond acceptors (Lipinski definition) is 7. The third-order valence-corrected chi connectivity index (χ3v) is 3.05. The second-order valence-corrected chi connectivity index (χ2v) is 5.22. The van der Waals surface area contributed by atoms with Gasteiger partial charge in [-0.3, -0.25) is 0 Å². The SMILES string of the molecule is Cc1cnc(O[C@@H]2C[C@@H](N=[N+]=[N-])O[C@@H]2CO)nc1OC(C)C. The molecule has 9 nitrogen and oxygen atoms in total. The van der Waals surface area contributed by atoms with Crippen molar-refractivity contribution in [1.82, 2.24) is 9.97 Å². The Hall–Kier alpha value is -2.09. The van der Waals surface area contributed by atoms with Crippen molar-refractivity contribution in [2.75, 3.05) is 6.61 Å². The van der Waals surface area contributed by atoms with Gasteiger partial charge >= 0.3 is 6.01 Å². The lowest BCUT2D eigenvalue weighted by Crippen LogP contribution is -2.31. The topological polar surface area (TPSA) is 122 Å². The van der Waals surface area contributed by atoms with Crippen molar-refractivity contribution in [3.05, 3.63) is 22.2 Å². The van der Waals surface area contributed by atoms with Crippen LogP contribution in [0, 0.1) is 6.92 Å². The van der Waals surface area contributed by atoms with Gasteiger partial charge < -0.3 is 19.3 Å². The highest BCUT2D eigenvalue weighted by molar-refractivity contribution is 5.23. The minimum absolute atomic E-state index is 0.0178. The van der Waals surface area contributed by atoms with E-state index in [9.17, 15) is 5.11 Å². The van der Waals surface area contributed by atoms with Crippen LogP contribution in [0.1, 0.15) is 25.8 Å². The van der Waals surface area contributed by atoms with Gasteiger partial charge in [-0.05, 0) is 26.3 Å². The third kappa shape index (κ3) is 3.97. The highest BCUT2D eigenvalue weighted by Crippen LogP contribution is 2.26. The zero-order chi connectivity index (χ0) is 16.1. The number of azide groups is 1. The van der Waals surface area contributed by atoms with Crippen molar-refractivity contribution in [2.45, 2.75) is 51.7 Å². The Balaban J connectivity index is 2.10. The summed E-state index contributed by atoms with van der Waals surface area (Å²) in [6, 6.07) is 0.134. The predicted octanol–water partition coefficient (Wildman–Crippen LogP) is 1.74. The molecule has 120 valence electrons. The first-order chi connectivity index (χ1) is 10.5. The molecule has 2 rings (SSSR count). The molecular formula is C13H19N5O4. The monoisotopic (exact) mass is 309 g/mol. The van der Waals surface area contributed by atoms with Crippen LogP contribution in [0.2, 0.25) is 0 Å². The molecule has 0 aromatic carbocycles. The summed E-state index contributed by atoms with van der Waals surface area (Å²) >= 11 is 0. The van der Waals surface area contributed by atoms with Gasteiger partial charge in [0, 0.05) is 23.1 Å². The van der Waals surface area contributed by atoms with Crippen LogP contribution in [0.3, 0.4) is 0 Å². The Morgan fingerprint density at radius 2 is 2.36 bits per heavy atom. The summed E-state index contributed by atoms with van der Waals surface area (Å²) < 4.78 is 16.6. The Bertz CT molecular complexity index is 561. The molecule has 9 heteroatoms. The third-order valence-electron chi connectivity index (χ3n) is 3.05. The second kappa shape index (κ2) is 7.26. The summed E-state index contributed by atoms with van der Waals surface area (Å²) in [5.41, 5.74) is 9.25. The van der Waals surface area contributed by atoms with Crippen LogP contribution < -0.4 is 9.47 Å². The van der Waals surface area contributed by atoms with Crippen molar-refractivity contribution in [3.8, 4) is 11.9 Å². The van der Waals surface area contributed by atoms with Gasteiger partial charge in [0.05, 0.1) is 12.7 Å². The summed E-state index contributed by atoms with van der Waals surface area (Å²) in [6.45, 7) is 5.40. The summed E-state index contributed by atoms with van der Waals surface area (Å²) in [4.78, 5) is 11.0. The van der Waals surface area contributed by atoms with Gasteiger partial charge in [-0.2, -0.15) is 4.98 Å².